The Morgan fingerprint density at radius 1 is 1.27 bits per heavy atom. The van der Waals surface area contributed by atoms with E-state index in [1.807, 2.05) is 0 Å². The molecule has 22 heavy (non-hydrogen) atoms. The first-order valence-electron chi connectivity index (χ1n) is 9.42. The van der Waals surface area contributed by atoms with Crippen molar-refractivity contribution in [2.75, 3.05) is 13.2 Å². The van der Waals surface area contributed by atoms with Gasteiger partial charge in [0, 0.05) is 13.2 Å². The molecule has 2 rings (SSSR count). The van der Waals surface area contributed by atoms with Crippen LogP contribution in [0.5, 0.6) is 0 Å². The molecule has 0 aromatic carbocycles. The first-order valence-corrected chi connectivity index (χ1v) is 9.42. The van der Waals surface area contributed by atoms with Crippen LogP contribution >= 0.6 is 0 Å². The van der Waals surface area contributed by atoms with Gasteiger partial charge < -0.3 is 4.74 Å². The van der Waals surface area contributed by atoms with E-state index in [1.165, 1.54) is 44.1 Å². The minimum absolute atomic E-state index is 0.412. The van der Waals surface area contributed by atoms with E-state index in [2.05, 4.69) is 46.8 Å². The summed E-state index contributed by atoms with van der Waals surface area (Å²) in [5.41, 5.74) is 3.59. The van der Waals surface area contributed by atoms with E-state index in [0.717, 1.165) is 31.0 Å². The third-order valence-electron chi connectivity index (χ3n) is 6.20. The lowest BCUT2D eigenvalue weighted by atomic mass is 9.52. The fraction of sp³-hybridized carbons (Fsp3) is 0.810. The average molecular weight is 305 g/mol. The second-order valence-electron chi connectivity index (χ2n) is 8.19. The fourth-order valence-electron chi connectivity index (χ4n) is 4.13. The molecule has 0 heterocycles. The molecule has 1 nitrogen and oxygen atoms in total. The highest BCUT2D eigenvalue weighted by atomic mass is 16.5. The molecule has 0 bridgehead atoms. The summed E-state index contributed by atoms with van der Waals surface area (Å²) in [6, 6.07) is 0. The van der Waals surface area contributed by atoms with Crippen LogP contribution in [0.25, 0.3) is 0 Å². The van der Waals surface area contributed by atoms with Crippen molar-refractivity contribution in [1.29, 1.82) is 0 Å². The molecule has 2 aliphatic rings. The molecule has 1 fully saturated rings. The molecular formula is C21H36O. The zero-order valence-corrected chi connectivity index (χ0v) is 15.5. The molecule has 0 aliphatic heterocycles. The van der Waals surface area contributed by atoms with Gasteiger partial charge in [-0.25, -0.2) is 0 Å². The summed E-state index contributed by atoms with van der Waals surface area (Å²) in [6.07, 6.45) is 12.4. The predicted molar refractivity (Wildman–Crippen MR) is 96.0 cm³/mol. The van der Waals surface area contributed by atoms with Crippen LogP contribution in [0.15, 0.2) is 23.3 Å². The number of unbranched alkanes of at least 4 members (excludes halogenated alkanes) is 1. The Morgan fingerprint density at radius 3 is 2.59 bits per heavy atom. The lowest BCUT2D eigenvalue weighted by molar-refractivity contribution is -0.0625. The molecule has 0 spiro atoms. The summed E-state index contributed by atoms with van der Waals surface area (Å²) in [5.74, 6) is 2.28. The van der Waals surface area contributed by atoms with Gasteiger partial charge in [0.25, 0.3) is 0 Å². The van der Waals surface area contributed by atoms with Crippen molar-refractivity contribution in [3.63, 3.8) is 0 Å². The third kappa shape index (κ3) is 4.04. The van der Waals surface area contributed by atoms with Gasteiger partial charge in [-0.3, -0.25) is 0 Å². The lowest BCUT2D eigenvalue weighted by Gasteiger charge is -2.53. The van der Waals surface area contributed by atoms with Gasteiger partial charge in [-0.1, -0.05) is 70.3 Å². The molecular weight excluding hydrogens is 268 g/mol. The molecule has 3 unspecified atom stereocenters. The number of hydrogen-bond acceptors (Lipinski definition) is 1. The van der Waals surface area contributed by atoms with Crippen LogP contribution < -0.4 is 0 Å². The lowest BCUT2D eigenvalue weighted by Crippen LogP contribution is -2.47. The minimum Gasteiger partial charge on any atom is -0.381 e. The monoisotopic (exact) mass is 304 g/mol. The number of allylic oxidation sites excluding steroid dienone is 4. The van der Waals surface area contributed by atoms with Crippen molar-refractivity contribution in [2.24, 2.45) is 23.2 Å². The van der Waals surface area contributed by atoms with Gasteiger partial charge in [-0.2, -0.15) is 0 Å². The van der Waals surface area contributed by atoms with Gasteiger partial charge in [0.2, 0.25) is 0 Å². The van der Waals surface area contributed by atoms with Crippen molar-refractivity contribution in [3.05, 3.63) is 23.3 Å². The average Bonchev–Trinajstić information content (AvgIpc) is 2.90. The first-order chi connectivity index (χ1) is 10.5. The molecule has 0 aromatic heterocycles. The highest BCUT2D eigenvalue weighted by Crippen LogP contribution is 2.56. The molecule has 1 saturated carbocycles. The minimum atomic E-state index is 0.412. The number of hydrogen-bond donors (Lipinski definition) is 0. The summed E-state index contributed by atoms with van der Waals surface area (Å²) in [6.45, 7) is 13.6. The van der Waals surface area contributed by atoms with Gasteiger partial charge in [-0.05, 0) is 49.4 Å². The maximum Gasteiger partial charge on any atom is 0.0499 e. The van der Waals surface area contributed by atoms with Crippen molar-refractivity contribution < 1.29 is 4.74 Å². The van der Waals surface area contributed by atoms with Crippen molar-refractivity contribution >= 4 is 0 Å². The van der Waals surface area contributed by atoms with E-state index >= 15 is 0 Å². The Balaban J connectivity index is 1.72. The second kappa shape index (κ2) is 7.81. The SMILES string of the molecule is CCCCC(CC)COCC1CC(C2=CC=C(C)C2)C1(C)C. The molecule has 0 aromatic rings. The van der Waals surface area contributed by atoms with E-state index in [-0.39, 0.29) is 0 Å². The highest BCUT2D eigenvalue weighted by Gasteiger charge is 2.49. The summed E-state index contributed by atoms with van der Waals surface area (Å²) < 4.78 is 6.12. The quantitative estimate of drug-likeness (QED) is 0.496. The summed E-state index contributed by atoms with van der Waals surface area (Å²) >= 11 is 0. The highest BCUT2D eigenvalue weighted by molar-refractivity contribution is 5.33. The summed E-state index contributed by atoms with van der Waals surface area (Å²) in [7, 11) is 0. The van der Waals surface area contributed by atoms with Crippen LogP contribution in [-0.4, -0.2) is 13.2 Å². The molecule has 0 radical (unpaired) electrons. The van der Waals surface area contributed by atoms with Crippen molar-refractivity contribution in [3.8, 4) is 0 Å². The van der Waals surface area contributed by atoms with Crippen LogP contribution in [0.1, 0.15) is 73.1 Å². The van der Waals surface area contributed by atoms with Crippen LogP contribution in [0.2, 0.25) is 0 Å². The zero-order valence-electron chi connectivity index (χ0n) is 15.5. The smallest absolute Gasteiger partial charge is 0.0499 e. The van der Waals surface area contributed by atoms with E-state index < -0.39 is 0 Å². The van der Waals surface area contributed by atoms with E-state index in [9.17, 15) is 0 Å². The Kier molecular flexibility index (Phi) is 6.32. The molecule has 0 N–H and O–H groups in total. The van der Waals surface area contributed by atoms with Gasteiger partial charge in [0.15, 0.2) is 0 Å². The third-order valence-corrected chi connectivity index (χ3v) is 6.20. The van der Waals surface area contributed by atoms with E-state index in [0.29, 0.717) is 5.41 Å². The maximum atomic E-state index is 6.12. The van der Waals surface area contributed by atoms with Gasteiger partial charge in [0.1, 0.15) is 0 Å². The Hall–Kier alpha value is -0.560. The van der Waals surface area contributed by atoms with Crippen LogP contribution in [-0.2, 0) is 4.74 Å². The van der Waals surface area contributed by atoms with Gasteiger partial charge >= 0.3 is 0 Å². The van der Waals surface area contributed by atoms with Crippen LogP contribution in [0.4, 0.5) is 0 Å². The fourth-order valence-corrected chi connectivity index (χ4v) is 4.13. The Labute approximate surface area is 138 Å². The first kappa shape index (κ1) is 17.8. The summed E-state index contributed by atoms with van der Waals surface area (Å²) in [5, 5.41) is 0. The Morgan fingerprint density at radius 2 is 2.05 bits per heavy atom. The Bertz CT molecular complexity index is 416. The number of ether oxygens (including phenoxy) is 1. The van der Waals surface area contributed by atoms with Crippen LogP contribution in [0.3, 0.4) is 0 Å². The molecule has 126 valence electrons. The molecule has 3 atom stereocenters. The van der Waals surface area contributed by atoms with Crippen LogP contribution in [0, 0.1) is 23.2 Å². The molecule has 0 amide bonds. The second-order valence-corrected chi connectivity index (χ2v) is 8.19. The normalized spacial score (nSPS) is 28.0. The van der Waals surface area contributed by atoms with Gasteiger partial charge in [-0.15, -0.1) is 0 Å². The van der Waals surface area contributed by atoms with Crippen molar-refractivity contribution in [1.82, 2.24) is 0 Å². The summed E-state index contributed by atoms with van der Waals surface area (Å²) in [4.78, 5) is 0. The predicted octanol–water partition coefficient (Wildman–Crippen LogP) is 6.16. The topological polar surface area (TPSA) is 9.23 Å². The van der Waals surface area contributed by atoms with Crippen molar-refractivity contribution in [2.45, 2.75) is 73.1 Å². The molecule has 2 aliphatic carbocycles. The van der Waals surface area contributed by atoms with Gasteiger partial charge in [0.05, 0.1) is 0 Å². The standard InChI is InChI=1S/C21H36O/c1-6-8-9-17(7-2)14-22-15-19-13-20(21(19,4)5)18-11-10-16(3)12-18/h10-11,17,19-20H,6-9,12-15H2,1-5H3. The van der Waals surface area contributed by atoms with E-state index in [1.54, 1.807) is 5.57 Å². The molecule has 1 heteroatoms. The maximum absolute atomic E-state index is 6.12. The molecule has 0 saturated heterocycles. The van der Waals surface area contributed by atoms with E-state index in [4.69, 9.17) is 4.74 Å². The largest absolute Gasteiger partial charge is 0.381 e. The number of rotatable bonds is 9. The zero-order chi connectivity index (χ0) is 16.2.